The van der Waals surface area contributed by atoms with Crippen LogP contribution in [0.2, 0.25) is 0 Å². The molecule has 0 spiro atoms. The summed E-state index contributed by atoms with van der Waals surface area (Å²) in [7, 11) is 2.91. The van der Waals surface area contributed by atoms with Crippen LogP contribution in [-0.2, 0) is 6.42 Å². The molecule has 0 aliphatic rings. The highest BCUT2D eigenvalue weighted by Gasteiger charge is 2.22. The van der Waals surface area contributed by atoms with Crippen LogP contribution in [0.15, 0.2) is 82.0 Å². The van der Waals surface area contributed by atoms with Crippen LogP contribution in [0.5, 0.6) is 23.0 Å². The van der Waals surface area contributed by atoms with E-state index in [1.165, 1.54) is 47.7 Å². The first-order valence-corrected chi connectivity index (χ1v) is 17.9. The van der Waals surface area contributed by atoms with Crippen LogP contribution in [0.25, 0.3) is 0 Å². The summed E-state index contributed by atoms with van der Waals surface area (Å²) in [6.07, 6.45) is 30.0. The Bertz CT molecular complexity index is 1350. The van der Waals surface area contributed by atoms with Crippen LogP contribution in [0.1, 0.15) is 137 Å². The lowest BCUT2D eigenvalue weighted by Gasteiger charge is -2.17. The van der Waals surface area contributed by atoms with Gasteiger partial charge in [0.05, 0.1) is 14.2 Å². The van der Waals surface area contributed by atoms with Gasteiger partial charge in [-0.1, -0.05) is 83.2 Å². The molecule has 4 nitrogen and oxygen atoms in total. The molecule has 0 saturated carbocycles. The number of benzene rings is 1. The maximum absolute atomic E-state index is 10.7. The smallest absolute Gasteiger partial charge is 0.207 e. The Hall–Kier alpha value is -3.53. The molecular weight excluding hydrogens is 592 g/mol. The molecule has 0 amide bonds. The zero-order valence-electron chi connectivity index (χ0n) is 32.2. The normalized spacial score (nSPS) is 13.6. The molecule has 2 N–H and O–H groups in total. The van der Waals surface area contributed by atoms with Crippen molar-refractivity contribution >= 4 is 0 Å². The zero-order valence-corrected chi connectivity index (χ0v) is 32.2. The number of ether oxygens (including phenoxy) is 2. The second-order valence-corrected chi connectivity index (χ2v) is 13.7. The van der Waals surface area contributed by atoms with E-state index >= 15 is 0 Å². The number of phenolic OH excluding ortho intramolecular Hbond substituents is 2. The average molecular weight is 660 g/mol. The third kappa shape index (κ3) is 17.0. The first kappa shape index (κ1) is 42.5. The Morgan fingerprint density at radius 2 is 0.896 bits per heavy atom. The summed E-state index contributed by atoms with van der Waals surface area (Å²) in [6, 6.07) is 0. The highest BCUT2D eigenvalue weighted by molar-refractivity contribution is 5.66. The molecule has 0 heterocycles. The molecule has 48 heavy (non-hydrogen) atoms. The number of hydrogen-bond donors (Lipinski definition) is 2. The van der Waals surface area contributed by atoms with E-state index in [4.69, 9.17) is 9.47 Å². The quantitative estimate of drug-likeness (QED) is 0.0697. The molecule has 0 atom stereocenters. The van der Waals surface area contributed by atoms with Gasteiger partial charge in [-0.25, -0.2) is 18.6 Å². The second-order valence-electron chi connectivity index (χ2n) is 13.7. The van der Waals surface area contributed by atoms with Crippen LogP contribution >= 0.6 is 0 Å². The van der Waals surface area contributed by atoms with E-state index in [0.29, 0.717) is 17.5 Å². The fourth-order valence-electron chi connectivity index (χ4n) is 5.64. The van der Waals surface area contributed by atoms with Crippen molar-refractivity contribution in [2.75, 3.05) is 14.2 Å². The Kier molecular flexibility index (Phi) is 21.0. The summed E-state index contributed by atoms with van der Waals surface area (Å²) in [6.45, 7) is 21.2. The van der Waals surface area contributed by atoms with Crippen molar-refractivity contribution in [3.63, 3.8) is 0 Å². The van der Waals surface area contributed by atoms with Gasteiger partial charge >= 0.3 is 0 Å². The predicted molar refractivity (Wildman–Crippen MR) is 208 cm³/mol. The molecule has 0 aliphatic heterocycles. The van der Waals surface area contributed by atoms with E-state index < -0.39 is 0 Å². The first-order chi connectivity index (χ1) is 22.8. The topological polar surface area (TPSA) is 58.9 Å². The molecule has 1 rings (SSSR count). The number of methoxy groups -OCH3 is 2. The summed E-state index contributed by atoms with van der Waals surface area (Å²) in [5, 5.41) is 21.2. The van der Waals surface area contributed by atoms with Gasteiger partial charge in [0.2, 0.25) is 11.5 Å². The van der Waals surface area contributed by atoms with E-state index in [1.807, 2.05) is 0 Å². The van der Waals surface area contributed by atoms with Crippen molar-refractivity contribution in [3.8, 4) is 23.0 Å². The molecule has 0 unspecified atom stereocenters. The molecule has 1 aromatic carbocycles. The fraction of sp³-hybridized carbons (Fsp3) is 0.523. The maximum atomic E-state index is 10.7. The monoisotopic (exact) mass is 660 g/mol. The van der Waals surface area contributed by atoms with Crippen molar-refractivity contribution in [2.45, 2.75) is 139 Å². The molecule has 0 aromatic heterocycles. The minimum Gasteiger partial charge on any atom is -0.504 e. The lowest BCUT2D eigenvalue weighted by molar-refractivity contribution is 0.314. The fourth-order valence-corrected chi connectivity index (χ4v) is 5.64. The summed E-state index contributed by atoms with van der Waals surface area (Å²) in [4.78, 5) is 0. The molecule has 268 valence electrons. The average Bonchev–Trinajstić information content (AvgIpc) is 3.02. The number of allylic oxidation sites excluding steroid dienone is 13. The van der Waals surface area contributed by atoms with Crippen LogP contribution in [0, 0.1) is 13.3 Å². The Morgan fingerprint density at radius 1 is 0.562 bits per heavy atom. The lowest BCUT2D eigenvalue weighted by atomic mass is 9.99. The highest BCUT2D eigenvalue weighted by Crippen LogP contribution is 2.48. The molecule has 4 heteroatoms. The van der Waals surface area contributed by atoms with E-state index in [0.717, 1.165) is 82.6 Å². The molecular formula is C44H67O4-. The molecule has 0 bridgehead atoms. The van der Waals surface area contributed by atoms with Gasteiger partial charge in [-0.15, -0.1) is 0 Å². The van der Waals surface area contributed by atoms with E-state index in [-0.39, 0.29) is 23.0 Å². The van der Waals surface area contributed by atoms with Crippen LogP contribution in [-0.4, -0.2) is 24.4 Å². The van der Waals surface area contributed by atoms with Crippen molar-refractivity contribution in [1.82, 2.24) is 0 Å². The highest BCUT2D eigenvalue weighted by atomic mass is 16.5. The minimum absolute atomic E-state index is 0.00574. The van der Waals surface area contributed by atoms with E-state index in [1.54, 1.807) is 6.92 Å². The van der Waals surface area contributed by atoms with Crippen molar-refractivity contribution < 1.29 is 19.7 Å². The van der Waals surface area contributed by atoms with Gasteiger partial charge in [0, 0.05) is 11.1 Å². The first-order valence-electron chi connectivity index (χ1n) is 17.9. The summed E-state index contributed by atoms with van der Waals surface area (Å²) >= 11 is 0. The predicted octanol–water partition coefficient (Wildman–Crippen LogP) is 13.1. The van der Waals surface area contributed by atoms with Gasteiger partial charge in [0.1, 0.15) is 0 Å². The second kappa shape index (κ2) is 23.7. The van der Waals surface area contributed by atoms with Crippen LogP contribution < -0.4 is 9.47 Å². The Balaban J connectivity index is 2.39. The van der Waals surface area contributed by atoms with Gasteiger partial charge in [0.25, 0.3) is 0 Å². The molecule has 1 aromatic rings. The van der Waals surface area contributed by atoms with Gasteiger partial charge in [0.15, 0.2) is 11.5 Å². The van der Waals surface area contributed by atoms with Crippen LogP contribution in [0.3, 0.4) is 0 Å². The van der Waals surface area contributed by atoms with Crippen molar-refractivity contribution in [1.29, 1.82) is 0 Å². The summed E-state index contributed by atoms with van der Waals surface area (Å²) in [5.74, 6) is 0.353. The molecule has 0 aliphatic carbocycles. The van der Waals surface area contributed by atoms with Crippen LogP contribution in [0.4, 0.5) is 0 Å². The molecule has 0 radical (unpaired) electrons. The van der Waals surface area contributed by atoms with Gasteiger partial charge in [-0.2, -0.15) is 0 Å². The van der Waals surface area contributed by atoms with Gasteiger partial charge in [-0.3, -0.25) is 0 Å². The number of rotatable bonds is 23. The van der Waals surface area contributed by atoms with Gasteiger partial charge < -0.3 is 19.7 Å². The third-order valence-electron chi connectivity index (χ3n) is 8.98. The zero-order chi connectivity index (χ0) is 36.1. The maximum Gasteiger partial charge on any atom is 0.207 e. The summed E-state index contributed by atoms with van der Waals surface area (Å²) in [5.41, 5.74) is 11.0. The largest absolute Gasteiger partial charge is 0.504 e. The van der Waals surface area contributed by atoms with E-state index in [9.17, 15) is 10.2 Å². The number of phenols is 2. The molecule has 0 fully saturated rings. The van der Waals surface area contributed by atoms with E-state index in [2.05, 4.69) is 97.9 Å². The Morgan fingerprint density at radius 3 is 1.25 bits per heavy atom. The molecule has 0 saturated heterocycles. The minimum atomic E-state index is 0.00574. The third-order valence-corrected chi connectivity index (χ3v) is 8.98. The Labute approximate surface area is 294 Å². The SMILES string of the molecule is C=C(C)[CH-]CC/C(C)=C/CC/C(C)=C/CC/C(C)=C/CC/C(C)=C/CC/C(C)=C/CC/C(C)=C/Cc1c(C)c(O)c(OC)c(OC)c1O. The van der Waals surface area contributed by atoms with Crippen molar-refractivity contribution in [3.05, 3.63) is 99.6 Å². The van der Waals surface area contributed by atoms with Crippen molar-refractivity contribution in [2.24, 2.45) is 0 Å². The standard InChI is InChI=1S/C44H67O4/c1-32(2)18-12-19-33(3)20-13-21-34(4)22-14-23-35(5)24-15-25-36(6)26-16-27-37(7)28-17-29-38(8)30-31-40-39(9)41(45)43(47-10)44(48-11)42(40)46/h18,20,22,24,26,28,30,45-46H,1,12-17,19,21,23,25,27,29,31H2,2-11H3/q-1/b33-20+,34-22+,35-24+,36-26+,37-28+,38-30+. The van der Waals surface area contributed by atoms with Gasteiger partial charge in [-0.05, 0) is 126 Å². The number of hydrogen-bond acceptors (Lipinski definition) is 4. The summed E-state index contributed by atoms with van der Waals surface area (Å²) < 4.78 is 10.5. The lowest BCUT2D eigenvalue weighted by Crippen LogP contribution is -1.98. The number of aromatic hydroxyl groups is 2.